The largest absolute Gasteiger partial charge is 0.393 e. The monoisotopic (exact) mass is 234 g/mol. The van der Waals surface area contributed by atoms with E-state index in [1.165, 1.54) is 0 Å². The van der Waals surface area contributed by atoms with Crippen LogP contribution in [-0.4, -0.2) is 44.4 Å². The maximum atomic E-state index is 11.3. The molecule has 5 nitrogen and oxygen atoms in total. The third kappa shape index (κ3) is 7.24. The Morgan fingerprint density at radius 3 is 2.67 bits per heavy atom. The summed E-state index contributed by atoms with van der Waals surface area (Å²) in [5.41, 5.74) is 5.33. The van der Waals surface area contributed by atoms with Crippen molar-refractivity contribution >= 4 is 23.1 Å². The van der Waals surface area contributed by atoms with E-state index >= 15 is 0 Å². The Morgan fingerprint density at radius 1 is 1.47 bits per heavy atom. The molecule has 88 valence electrons. The summed E-state index contributed by atoms with van der Waals surface area (Å²) >= 11 is 4.70. The van der Waals surface area contributed by atoms with E-state index < -0.39 is 5.92 Å². The molecule has 0 rings (SSSR count). The number of hydrogen-bond donors (Lipinski definition) is 2. The van der Waals surface area contributed by atoms with Crippen molar-refractivity contribution in [2.24, 2.45) is 11.7 Å². The maximum Gasteiger partial charge on any atom is 0.229 e. The second-order valence-corrected chi connectivity index (χ2v) is 3.49. The summed E-state index contributed by atoms with van der Waals surface area (Å²) in [5, 5.41) is 2.67. The molecule has 0 aliphatic rings. The van der Waals surface area contributed by atoms with Gasteiger partial charge in [0, 0.05) is 13.7 Å². The van der Waals surface area contributed by atoms with Crippen molar-refractivity contribution in [1.82, 2.24) is 5.32 Å². The first kappa shape index (κ1) is 14.3. The topological polar surface area (TPSA) is 73.6 Å². The Labute approximate surface area is 95.3 Å². The first-order valence-corrected chi connectivity index (χ1v) is 5.14. The molecule has 1 unspecified atom stereocenters. The fraction of sp³-hybridized carbons (Fsp3) is 0.778. The lowest BCUT2D eigenvalue weighted by molar-refractivity contribution is -0.122. The number of nitrogens with one attached hydrogen (secondary N) is 1. The molecule has 0 saturated heterocycles. The fourth-order valence-corrected chi connectivity index (χ4v) is 0.880. The zero-order valence-corrected chi connectivity index (χ0v) is 9.93. The van der Waals surface area contributed by atoms with Crippen molar-refractivity contribution in [3.8, 4) is 0 Å². The van der Waals surface area contributed by atoms with Gasteiger partial charge in [0.2, 0.25) is 5.91 Å². The Kier molecular flexibility index (Phi) is 8.17. The second-order valence-electron chi connectivity index (χ2n) is 3.02. The zero-order valence-electron chi connectivity index (χ0n) is 9.12. The number of ether oxygens (including phenoxy) is 2. The normalized spacial score (nSPS) is 12.1. The third-order valence-corrected chi connectivity index (χ3v) is 2.15. The van der Waals surface area contributed by atoms with Crippen molar-refractivity contribution in [3.05, 3.63) is 0 Å². The lowest BCUT2D eigenvalue weighted by Gasteiger charge is -2.10. The minimum absolute atomic E-state index is 0.169. The van der Waals surface area contributed by atoms with Crippen LogP contribution in [0.3, 0.4) is 0 Å². The number of amides is 1. The molecular weight excluding hydrogens is 216 g/mol. The van der Waals surface area contributed by atoms with E-state index in [4.69, 9.17) is 27.4 Å². The van der Waals surface area contributed by atoms with Crippen molar-refractivity contribution < 1.29 is 14.3 Å². The molecule has 0 aromatic heterocycles. The van der Waals surface area contributed by atoms with Crippen molar-refractivity contribution in [1.29, 1.82) is 0 Å². The molecule has 0 saturated carbocycles. The Bertz CT molecular complexity index is 212. The molecule has 1 amide bonds. The van der Waals surface area contributed by atoms with Crippen LogP contribution in [0.4, 0.5) is 0 Å². The minimum atomic E-state index is -0.432. The highest BCUT2D eigenvalue weighted by atomic mass is 32.1. The van der Waals surface area contributed by atoms with Gasteiger partial charge in [-0.15, -0.1) is 0 Å². The first-order valence-electron chi connectivity index (χ1n) is 4.73. The quantitative estimate of drug-likeness (QED) is 0.445. The summed E-state index contributed by atoms with van der Waals surface area (Å²) in [4.78, 5) is 11.5. The number of carbonyl (C=O) groups excluding carboxylic acids is 1. The number of thiocarbonyl (C=S) groups is 1. The molecule has 0 aliphatic heterocycles. The van der Waals surface area contributed by atoms with Gasteiger partial charge in [0.15, 0.2) is 0 Å². The number of nitrogens with two attached hydrogens (primary N) is 1. The Morgan fingerprint density at radius 2 is 2.13 bits per heavy atom. The highest BCUT2D eigenvalue weighted by molar-refractivity contribution is 7.80. The van der Waals surface area contributed by atoms with Gasteiger partial charge in [0.25, 0.3) is 0 Å². The van der Waals surface area contributed by atoms with E-state index in [0.29, 0.717) is 26.4 Å². The molecule has 1 atom stereocenters. The van der Waals surface area contributed by atoms with Crippen LogP contribution in [0.1, 0.15) is 6.92 Å². The van der Waals surface area contributed by atoms with Crippen molar-refractivity contribution in [2.75, 3.05) is 33.5 Å². The molecule has 0 radical (unpaired) electrons. The lowest BCUT2D eigenvalue weighted by Crippen LogP contribution is -2.37. The molecule has 3 N–H and O–H groups in total. The van der Waals surface area contributed by atoms with Gasteiger partial charge in [0.05, 0.1) is 30.7 Å². The van der Waals surface area contributed by atoms with E-state index in [1.807, 2.05) is 0 Å². The van der Waals surface area contributed by atoms with Crippen LogP contribution in [0.5, 0.6) is 0 Å². The summed E-state index contributed by atoms with van der Waals surface area (Å²) < 4.78 is 9.95. The van der Waals surface area contributed by atoms with Crippen molar-refractivity contribution in [3.63, 3.8) is 0 Å². The van der Waals surface area contributed by atoms with Gasteiger partial charge in [0.1, 0.15) is 0 Å². The molecule has 0 aromatic carbocycles. The van der Waals surface area contributed by atoms with Crippen LogP contribution in [0.25, 0.3) is 0 Å². The first-order chi connectivity index (χ1) is 7.09. The predicted molar refractivity (Wildman–Crippen MR) is 61.7 cm³/mol. The van der Waals surface area contributed by atoms with Gasteiger partial charge in [-0.1, -0.05) is 12.2 Å². The molecule has 0 spiro atoms. The summed E-state index contributed by atoms with van der Waals surface area (Å²) in [6.45, 7) is 3.66. The highest BCUT2D eigenvalue weighted by Gasteiger charge is 2.14. The molecule has 0 aliphatic carbocycles. The standard InChI is InChI=1S/C9H18N2O3S/c1-7(8(10)15)9(12)11-3-4-14-6-5-13-2/h7H,3-6H2,1-2H3,(H2,10,15)(H,11,12). The molecule has 0 aromatic rings. The van der Waals surface area contributed by atoms with E-state index in [2.05, 4.69) is 5.32 Å². The van der Waals surface area contributed by atoms with Crippen LogP contribution < -0.4 is 11.1 Å². The summed E-state index contributed by atoms with van der Waals surface area (Å²) in [6, 6.07) is 0. The molecular formula is C9H18N2O3S. The second kappa shape index (κ2) is 8.58. The summed E-state index contributed by atoms with van der Waals surface area (Å²) in [6.07, 6.45) is 0. The van der Waals surface area contributed by atoms with E-state index in [9.17, 15) is 4.79 Å². The highest BCUT2D eigenvalue weighted by Crippen LogP contribution is 1.93. The van der Waals surface area contributed by atoms with Gasteiger partial charge in [-0.2, -0.15) is 0 Å². The number of carbonyl (C=O) groups is 1. The lowest BCUT2D eigenvalue weighted by atomic mass is 10.2. The number of methoxy groups -OCH3 is 1. The van der Waals surface area contributed by atoms with E-state index in [-0.39, 0.29) is 10.9 Å². The molecule has 6 heteroatoms. The van der Waals surface area contributed by atoms with Crippen LogP contribution in [0.15, 0.2) is 0 Å². The van der Waals surface area contributed by atoms with Gasteiger partial charge < -0.3 is 20.5 Å². The number of rotatable bonds is 8. The SMILES string of the molecule is COCCOCCNC(=O)C(C)C(N)=S. The predicted octanol–water partition coefficient (Wildman–Crippen LogP) is -0.312. The summed E-state index contributed by atoms with van der Waals surface area (Å²) in [5.74, 6) is -0.600. The van der Waals surface area contributed by atoms with E-state index in [1.54, 1.807) is 14.0 Å². The van der Waals surface area contributed by atoms with Crippen molar-refractivity contribution in [2.45, 2.75) is 6.92 Å². The van der Waals surface area contributed by atoms with Crippen LogP contribution in [0, 0.1) is 5.92 Å². The molecule has 0 fully saturated rings. The van der Waals surface area contributed by atoms with Gasteiger partial charge >= 0.3 is 0 Å². The van der Waals surface area contributed by atoms with Gasteiger partial charge in [-0.3, -0.25) is 4.79 Å². The van der Waals surface area contributed by atoms with E-state index in [0.717, 1.165) is 0 Å². The third-order valence-electron chi connectivity index (χ3n) is 1.80. The van der Waals surface area contributed by atoms with Gasteiger partial charge in [-0.05, 0) is 6.92 Å². The maximum absolute atomic E-state index is 11.3. The molecule has 0 bridgehead atoms. The zero-order chi connectivity index (χ0) is 11.7. The molecule has 0 heterocycles. The molecule has 15 heavy (non-hydrogen) atoms. The smallest absolute Gasteiger partial charge is 0.229 e. The fourth-order valence-electron chi connectivity index (χ4n) is 0.773. The Hall–Kier alpha value is -0.720. The minimum Gasteiger partial charge on any atom is -0.393 e. The van der Waals surface area contributed by atoms with Crippen LogP contribution in [-0.2, 0) is 14.3 Å². The van der Waals surface area contributed by atoms with Crippen LogP contribution in [0.2, 0.25) is 0 Å². The van der Waals surface area contributed by atoms with Gasteiger partial charge in [-0.25, -0.2) is 0 Å². The summed E-state index contributed by atoms with van der Waals surface area (Å²) in [7, 11) is 1.61. The Balaban J connectivity index is 3.43. The number of hydrogen-bond acceptors (Lipinski definition) is 4. The average Bonchev–Trinajstić information content (AvgIpc) is 2.21. The van der Waals surface area contributed by atoms with Crippen LogP contribution >= 0.6 is 12.2 Å². The average molecular weight is 234 g/mol.